The van der Waals surface area contributed by atoms with Crippen LogP contribution < -0.4 is 5.32 Å². The summed E-state index contributed by atoms with van der Waals surface area (Å²) in [7, 11) is 0. The summed E-state index contributed by atoms with van der Waals surface area (Å²) in [6.07, 6.45) is 6.35. The number of carbonyl (C=O) groups is 2. The molecule has 2 aliphatic rings. The first-order valence-electron chi connectivity index (χ1n) is 10.0. The average molecular weight is 357 g/mol. The summed E-state index contributed by atoms with van der Waals surface area (Å²) in [5.74, 6) is 0.284. The fourth-order valence-corrected chi connectivity index (χ4v) is 3.94. The number of amides is 2. The van der Waals surface area contributed by atoms with Crippen LogP contribution >= 0.6 is 0 Å². The van der Waals surface area contributed by atoms with Gasteiger partial charge in [0, 0.05) is 45.1 Å². The van der Waals surface area contributed by atoms with Gasteiger partial charge < -0.3 is 15.1 Å². The van der Waals surface area contributed by atoms with Gasteiger partial charge in [-0.3, -0.25) is 9.59 Å². The second kappa shape index (κ2) is 9.72. The minimum Gasteiger partial charge on any atom is -0.352 e. The molecule has 0 aliphatic carbocycles. The van der Waals surface area contributed by atoms with E-state index in [9.17, 15) is 9.59 Å². The van der Waals surface area contributed by atoms with Gasteiger partial charge in [0.05, 0.1) is 0 Å². The Hall–Kier alpha value is -1.88. The Labute approximate surface area is 156 Å². The average Bonchev–Trinajstić information content (AvgIpc) is 2.67. The molecule has 1 N–H and O–H groups in total. The van der Waals surface area contributed by atoms with E-state index in [2.05, 4.69) is 34.5 Å². The van der Waals surface area contributed by atoms with E-state index in [4.69, 9.17) is 0 Å². The first-order valence-corrected chi connectivity index (χ1v) is 10.0. The Morgan fingerprint density at radius 1 is 1.08 bits per heavy atom. The zero-order valence-corrected chi connectivity index (χ0v) is 15.7. The van der Waals surface area contributed by atoms with E-state index in [0.29, 0.717) is 19.4 Å². The molecular formula is C21H31N3O2. The SMILES string of the molecule is O=C(CCN1CCCCC1=O)NC1CCCN(CCc2ccccc2)C1. The molecule has 5 nitrogen and oxygen atoms in total. The summed E-state index contributed by atoms with van der Waals surface area (Å²) in [5, 5.41) is 3.18. The highest BCUT2D eigenvalue weighted by Gasteiger charge is 2.22. The molecule has 2 fully saturated rings. The zero-order chi connectivity index (χ0) is 18.2. The Morgan fingerprint density at radius 2 is 1.92 bits per heavy atom. The fraction of sp³-hybridized carbons (Fsp3) is 0.619. The number of nitrogens with zero attached hydrogens (tertiary/aromatic N) is 2. The number of piperidine rings is 2. The Balaban J connectivity index is 1.37. The lowest BCUT2D eigenvalue weighted by molar-refractivity contribution is -0.133. The predicted molar refractivity (Wildman–Crippen MR) is 103 cm³/mol. The number of rotatable bonds is 7. The van der Waals surface area contributed by atoms with E-state index in [1.807, 2.05) is 11.0 Å². The van der Waals surface area contributed by atoms with Gasteiger partial charge in [-0.05, 0) is 44.2 Å². The quantitative estimate of drug-likeness (QED) is 0.814. The van der Waals surface area contributed by atoms with Crippen LogP contribution in [0.2, 0.25) is 0 Å². The number of likely N-dealkylation sites (tertiary alicyclic amines) is 2. The molecule has 0 saturated carbocycles. The highest BCUT2D eigenvalue weighted by atomic mass is 16.2. The fourth-order valence-electron chi connectivity index (χ4n) is 3.94. The lowest BCUT2D eigenvalue weighted by Crippen LogP contribution is -2.48. The second-order valence-corrected chi connectivity index (χ2v) is 7.53. The molecule has 0 bridgehead atoms. The summed E-state index contributed by atoms with van der Waals surface area (Å²) in [6, 6.07) is 10.8. The Kier molecular flexibility index (Phi) is 7.06. The predicted octanol–water partition coefficient (Wildman–Crippen LogP) is 2.21. The molecule has 0 aromatic heterocycles. The van der Waals surface area contributed by atoms with Crippen LogP contribution in [-0.2, 0) is 16.0 Å². The van der Waals surface area contributed by atoms with Crippen LogP contribution in [0.25, 0.3) is 0 Å². The maximum atomic E-state index is 12.3. The first kappa shape index (κ1) is 18.9. The molecule has 3 rings (SSSR count). The van der Waals surface area contributed by atoms with Gasteiger partial charge in [0.1, 0.15) is 0 Å². The van der Waals surface area contributed by atoms with Crippen molar-refractivity contribution in [3.8, 4) is 0 Å². The number of carbonyl (C=O) groups excluding carboxylic acids is 2. The number of nitrogens with one attached hydrogen (secondary N) is 1. The summed E-state index contributed by atoms with van der Waals surface area (Å²) >= 11 is 0. The monoisotopic (exact) mass is 357 g/mol. The number of hydrogen-bond acceptors (Lipinski definition) is 3. The molecule has 1 aromatic carbocycles. The largest absolute Gasteiger partial charge is 0.352 e. The van der Waals surface area contributed by atoms with Crippen molar-refractivity contribution in [2.45, 2.75) is 51.0 Å². The summed E-state index contributed by atoms with van der Waals surface area (Å²) < 4.78 is 0. The van der Waals surface area contributed by atoms with Gasteiger partial charge in [-0.2, -0.15) is 0 Å². The van der Waals surface area contributed by atoms with E-state index in [1.165, 1.54) is 5.56 Å². The lowest BCUT2D eigenvalue weighted by Gasteiger charge is -2.33. The summed E-state index contributed by atoms with van der Waals surface area (Å²) in [4.78, 5) is 28.4. The van der Waals surface area contributed by atoms with Crippen molar-refractivity contribution >= 4 is 11.8 Å². The minimum absolute atomic E-state index is 0.0817. The van der Waals surface area contributed by atoms with E-state index in [1.54, 1.807) is 0 Å². The maximum absolute atomic E-state index is 12.3. The van der Waals surface area contributed by atoms with Crippen LogP contribution in [-0.4, -0.2) is 60.4 Å². The molecule has 26 heavy (non-hydrogen) atoms. The van der Waals surface area contributed by atoms with Crippen molar-refractivity contribution in [2.75, 3.05) is 32.7 Å². The molecule has 142 valence electrons. The van der Waals surface area contributed by atoms with Gasteiger partial charge in [0.15, 0.2) is 0 Å². The second-order valence-electron chi connectivity index (χ2n) is 7.53. The molecule has 5 heteroatoms. The van der Waals surface area contributed by atoms with Crippen LogP contribution in [0.3, 0.4) is 0 Å². The highest BCUT2D eigenvalue weighted by molar-refractivity contribution is 5.79. The van der Waals surface area contributed by atoms with Crippen LogP contribution in [0.4, 0.5) is 0 Å². The maximum Gasteiger partial charge on any atom is 0.222 e. The molecule has 1 unspecified atom stereocenters. The van der Waals surface area contributed by atoms with Crippen molar-refractivity contribution in [1.82, 2.24) is 15.1 Å². The molecule has 0 spiro atoms. The lowest BCUT2D eigenvalue weighted by atomic mass is 10.0. The molecule has 1 aromatic rings. The van der Waals surface area contributed by atoms with Gasteiger partial charge in [0.2, 0.25) is 11.8 Å². The van der Waals surface area contributed by atoms with E-state index < -0.39 is 0 Å². The van der Waals surface area contributed by atoms with Crippen molar-refractivity contribution in [2.24, 2.45) is 0 Å². The van der Waals surface area contributed by atoms with E-state index in [0.717, 1.165) is 58.3 Å². The number of hydrogen-bond donors (Lipinski definition) is 1. The minimum atomic E-state index is 0.0817. The van der Waals surface area contributed by atoms with Crippen LogP contribution in [0, 0.1) is 0 Å². The molecule has 2 amide bonds. The van der Waals surface area contributed by atoms with Crippen LogP contribution in [0.5, 0.6) is 0 Å². The molecule has 2 heterocycles. The normalized spacial score (nSPS) is 21.6. The zero-order valence-electron chi connectivity index (χ0n) is 15.7. The van der Waals surface area contributed by atoms with Crippen molar-refractivity contribution < 1.29 is 9.59 Å². The van der Waals surface area contributed by atoms with Crippen molar-refractivity contribution in [3.63, 3.8) is 0 Å². The topological polar surface area (TPSA) is 52.7 Å². The summed E-state index contributed by atoms with van der Waals surface area (Å²) in [6.45, 7) is 4.46. The molecule has 0 radical (unpaired) electrons. The van der Waals surface area contributed by atoms with Crippen LogP contribution in [0.15, 0.2) is 30.3 Å². The molecule has 2 saturated heterocycles. The van der Waals surface area contributed by atoms with Gasteiger partial charge in [-0.15, -0.1) is 0 Å². The van der Waals surface area contributed by atoms with Gasteiger partial charge in [-0.25, -0.2) is 0 Å². The third-order valence-electron chi connectivity index (χ3n) is 5.46. The van der Waals surface area contributed by atoms with Gasteiger partial charge in [0.25, 0.3) is 0 Å². The molecular weight excluding hydrogens is 326 g/mol. The third kappa shape index (κ3) is 5.84. The highest BCUT2D eigenvalue weighted by Crippen LogP contribution is 2.13. The molecule has 1 atom stereocenters. The van der Waals surface area contributed by atoms with Crippen molar-refractivity contribution in [3.05, 3.63) is 35.9 Å². The first-order chi connectivity index (χ1) is 12.7. The van der Waals surface area contributed by atoms with E-state index in [-0.39, 0.29) is 17.9 Å². The van der Waals surface area contributed by atoms with E-state index >= 15 is 0 Å². The van der Waals surface area contributed by atoms with Gasteiger partial charge in [-0.1, -0.05) is 30.3 Å². The summed E-state index contributed by atoms with van der Waals surface area (Å²) in [5.41, 5.74) is 1.37. The van der Waals surface area contributed by atoms with Crippen LogP contribution in [0.1, 0.15) is 44.1 Å². The third-order valence-corrected chi connectivity index (χ3v) is 5.46. The standard InChI is InChI=1S/C21H31N3O2/c25-20(12-16-24-14-5-4-10-21(24)26)22-19-9-6-13-23(17-19)15-11-18-7-2-1-3-8-18/h1-3,7-8,19H,4-6,9-17H2,(H,22,25). The van der Waals surface area contributed by atoms with Gasteiger partial charge >= 0.3 is 0 Å². The van der Waals surface area contributed by atoms with Crippen molar-refractivity contribution in [1.29, 1.82) is 0 Å². The number of benzene rings is 1. The Morgan fingerprint density at radius 3 is 2.73 bits per heavy atom. The molecule has 2 aliphatic heterocycles. The smallest absolute Gasteiger partial charge is 0.222 e. The Bertz CT molecular complexity index is 590.